The van der Waals surface area contributed by atoms with Crippen LogP contribution in [0.1, 0.15) is 53.9 Å². The molecule has 0 aliphatic carbocycles. The number of carbonyl (C=O) groups excluding carboxylic acids is 2. The molecule has 0 spiro atoms. The van der Waals surface area contributed by atoms with E-state index in [9.17, 15) is 19.5 Å². The Kier molecular flexibility index (Phi) is 7.70. The van der Waals surface area contributed by atoms with E-state index in [0.29, 0.717) is 12.8 Å². The van der Waals surface area contributed by atoms with Gasteiger partial charge < -0.3 is 15.2 Å². The van der Waals surface area contributed by atoms with Gasteiger partial charge in [-0.1, -0.05) is 18.6 Å². The van der Waals surface area contributed by atoms with Crippen molar-refractivity contribution in [3.8, 4) is 0 Å². The van der Waals surface area contributed by atoms with Crippen LogP contribution in [0.25, 0.3) is 0 Å². The molecule has 2 N–H and O–H groups in total. The molecule has 0 radical (unpaired) electrons. The topological polar surface area (TPSA) is 92.7 Å². The summed E-state index contributed by atoms with van der Waals surface area (Å²) in [5.41, 5.74) is -1.03. The Morgan fingerprint density at radius 1 is 1.29 bits per heavy atom. The van der Waals surface area contributed by atoms with Gasteiger partial charge in [0.05, 0.1) is 6.10 Å². The van der Waals surface area contributed by atoms with Gasteiger partial charge in [-0.3, -0.25) is 4.79 Å². The van der Waals surface area contributed by atoms with Gasteiger partial charge in [-0.05, 0) is 40.0 Å². The molecule has 0 fully saturated rings. The molecule has 0 heterocycles. The van der Waals surface area contributed by atoms with Crippen LogP contribution in [-0.4, -0.2) is 34.6 Å². The lowest BCUT2D eigenvalue weighted by molar-refractivity contribution is -0.168. The molecule has 21 heavy (non-hydrogen) atoms. The number of amides is 1. The number of ether oxygens (including phenoxy) is 1. The molecule has 0 aromatic carbocycles. The maximum absolute atomic E-state index is 12.2. The maximum Gasteiger partial charge on any atom is 0.343 e. The number of hydrogen-bond donors (Lipinski definition) is 2. The largest absolute Gasteiger partial charge is 0.479 e. The number of carboxylic acid groups (broad SMARTS) is 1. The number of carbonyl (C=O) groups is 3. The fourth-order valence-corrected chi connectivity index (χ4v) is 1.71. The molecular weight excluding hydrogens is 274 g/mol. The van der Waals surface area contributed by atoms with E-state index in [2.05, 4.69) is 5.32 Å². The van der Waals surface area contributed by atoms with Crippen LogP contribution >= 0.6 is 0 Å². The Morgan fingerprint density at radius 3 is 2.24 bits per heavy atom. The van der Waals surface area contributed by atoms with Gasteiger partial charge in [0.2, 0.25) is 11.4 Å². The molecule has 0 aliphatic rings. The van der Waals surface area contributed by atoms with Gasteiger partial charge in [0.15, 0.2) is 0 Å². The van der Waals surface area contributed by atoms with Crippen molar-refractivity contribution in [2.75, 3.05) is 0 Å². The second-order valence-electron chi connectivity index (χ2n) is 5.34. The standard InChI is InChI=1S/C15H25NO5/c1-6-11(4)21-14(20)15(13(18)19,16-12(5)17)9-7-8-10(2)3/h8,11H,6-7,9H2,1-5H3,(H,16,17)(H,18,19). The molecule has 0 aromatic rings. The quantitative estimate of drug-likeness (QED) is 0.406. The first kappa shape index (κ1) is 19.1. The highest BCUT2D eigenvalue weighted by Crippen LogP contribution is 2.19. The van der Waals surface area contributed by atoms with Crippen LogP contribution in [0.2, 0.25) is 0 Å². The lowest BCUT2D eigenvalue weighted by atomic mass is 9.92. The van der Waals surface area contributed by atoms with Crippen molar-refractivity contribution >= 4 is 17.8 Å². The van der Waals surface area contributed by atoms with Crippen LogP contribution in [0.3, 0.4) is 0 Å². The fraction of sp³-hybridized carbons (Fsp3) is 0.667. The Morgan fingerprint density at radius 2 is 1.86 bits per heavy atom. The minimum atomic E-state index is -2.04. The van der Waals surface area contributed by atoms with Gasteiger partial charge in [-0.25, -0.2) is 9.59 Å². The molecule has 0 saturated carbocycles. The van der Waals surface area contributed by atoms with Crippen molar-refractivity contribution in [3.63, 3.8) is 0 Å². The summed E-state index contributed by atoms with van der Waals surface area (Å²) in [5, 5.41) is 11.7. The zero-order chi connectivity index (χ0) is 16.6. The molecule has 0 bridgehead atoms. The molecule has 0 aromatic heterocycles. The van der Waals surface area contributed by atoms with E-state index in [-0.39, 0.29) is 6.42 Å². The second-order valence-corrected chi connectivity index (χ2v) is 5.34. The summed E-state index contributed by atoms with van der Waals surface area (Å²) in [7, 11) is 0. The lowest BCUT2D eigenvalue weighted by Gasteiger charge is -2.29. The third-order valence-electron chi connectivity index (χ3n) is 3.06. The monoisotopic (exact) mass is 299 g/mol. The van der Waals surface area contributed by atoms with E-state index in [1.165, 1.54) is 6.92 Å². The second kappa shape index (κ2) is 8.44. The highest BCUT2D eigenvalue weighted by atomic mass is 16.5. The van der Waals surface area contributed by atoms with Gasteiger partial charge in [-0.2, -0.15) is 0 Å². The van der Waals surface area contributed by atoms with Crippen molar-refractivity contribution in [1.29, 1.82) is 0 Å². The van der Waals surface area contributed by atoms with Gasteiger partial charge in [0, 0.05) is 6.92 Å². The first-order valence-corrected chi connectivity index (χ1v) is 7.02. The normalized spacial score (nSPS) is 14.5. The molecule has 0 aliphatic heterocycles. The van der Waals surface area contributed by atoms with Gasteiger partial charge in [0.25, 0.3) is 0 Å². The van der Waals surface area contributed by atoms with Gasteiger partial charge in [0.1, 0.15) is 0 Å². The Hall–Kier alpha value is -1.85. The number of nitrogens with one attached hydrogen (secondary N) is 1. The van der Waals surface area contributed by atoms with Gasteiger partial charge in [-0.15, -0.1) is 0 Å². The van der Waals surface area contributed by atoms with Crippen LogP contribution in [0.4, 0.5) is 0 Å². The van der Waals surface area contributed by atoms with E-state index >= 15 is 0 Å². The molecule has 2 unspecified atom stereocenters. The number of aliphatic carboxylic acids is 1. The SMILES string of the molecule is CCC(C)OC(=O)C(CCC=C(C)C)(NC(C)=O)C(=O)O. The minimum Gasteiger partial charge on any atom is -0.479 e. The zero-order valence-electron chi connectivity index (χ0n) is 13.4. The first-order chi connectivity index (χ1) is 9.65. The number of esters is 1. The Balaban J connectivity index is 5.37. The summed E-state index contributed by atoms with van der Waals surface area (Å²) in [6.07, 6.45) is 2.27. The predicted molar refractivity (Wildman–Crippen MR) is 78.7 cm³/mol. The highest BCUT2D eigenvalue weighted by Gasteiger charge is 2.48. The van der Waals surface area contributed by atoms with Crippen LogP contribution in [0, 0.1) is 0 Å². The molecule has 0 rings (SSSR count). The van der Waals surface area contributed by atoms with Crippen LogP contribution < -0.4 is 5.32 Å². The summed E-state index contributed by atoms with van der Waals surface area (Å²) in [6.45, 7) is 8.42. The number of carboxylic acids is 1. The summed E-state index contributed by atoms with van der Waals surface area (Å²) in [6, 6.07) is 0. The van der Waals surface area contributed by atoms with E-state index in [1.807, 2.05) is 26.8 Å². The molecule has 6 nitrogen and oxygen atoms in total. The minimum absolute atomic E-state index is 0.0532. The fourth-order valence-electron chi connectivity index (χ4n) is 1.71. The van der Waals surface area contributed by atoms with Crippen molar-refractivity contribution < 1.29 is 24.2 Å². The molecule has 0 saturated heterocycles. The zero-order valence-corrected chi connectivity index (χ0v) is 13.4. The Bertz CT molecular complexity index is 426. The van der Waals surface area contributed by atoms with Crippen molar-refractivity contribution in [2.45, 2.75) is 65.5 Å². The summed E-state index contributed by atoms with van der Waals surface area (Å²) in [5.74, 6) is -2.93. The summed E-state index contributed by atoms with van der Waals surface area (Å²) < 4.78 is 5.13. The Labute approximate surface area is 125 Å². The molecule has 120 valence electrons. The first-order valence-electron chi connectivity index (χ1n) is 7.02. The average molecular weight is 299 g/mol. The smallest absolute Gasteiger partial charge is 0.343 e. The van der Waals surface area contributed by atoms with Crippen molar-refractivity contribution in [1.82, 2.24) is 5.32 Å². The number of hydrogen-bond acceptors (Lipinski definition) is 4. The van der Waals surface area contributed by atoms with Crippen LogP contribution in [0.5, 0.6) is 0 Å². The maximum atomic E-state index is 12.2. The third kappa shape index (κ3) is 5.97. The van der Waals surface area contributed by atoms with Crippen molar-refractivity contribution in [3.05, 3.63) is 11.6 Å². The summed E-state index contributed by atoms with van der Waals surface area (Å²) in [4.78, 5) is 35.2. The third-order valence-corrected chi connectivity index (χ3v) is 3.06. The highest BCUT2D eigenvalue weighted by molar-refractivity contribution is 6.06. The van der Waals surface area contributed by atoms with Gasteiger partial charge >= 0.3 is 11.9 Å². The average Bonchev–Trinajstić information content (AvgIpc) is 2.35. The number of rotatable bonds is 8. The van der Waals surface area contributed by atoms with E-state index in [0.717, 1.165) is 5.57 Å². The molecule has 2 atom stereocenters. The van der Waals surface area contributed by atoms with E-state index in [4.69, 9.17) is 4.74 Å². The van der Waals surface area contributed by atoms with Crippen LogP contribution in [0.15, 0.2) is 11.6 Å². The molecular formula is C15H25NO5. The predicted octanol–water partition coefficient (Wildman–Crippen LogP) is 2.03. The number of allylic oxidation sites excluding steroid dienone is 2. The molecule has 6 heteroatoms. The molecule has 1 amide bonds. The van der Waals surface area contributed by atoms with E-state index in [1.54, 1.807) is 6.92 Å². The van der Waals surface area contributed by atoms with E-state index < -0.39 is 29.5 Å². The lowest BCUT2D eigenvalue weighted by Crippen LogP contribution is -2.60. The van der Waals surface area contributed by atoms with Crippen molar-refractivity contribution in [2.24, 2.45) is 0 Å². The summed E-state index contributed by atoms with van der Waals surface area (Å²) >= 11 is 0. The van der Waals surface area contributed by atoms with Crippen LogP contribution in [-0.2, 0) is 19.1 Å².